The third-order valence-corrected chi connectivity index (χ3v) is 5.27. The molecule has 0 bridgehead atoms. The van der Waals surface area contributed by atoms with Crippen molar-refractivity contribution in [2.24, 2.45) is 11.5 Å². The zero-order valence-corrected chi connectivity index (χ0v) is 19.1. The first-order valence-electron chi connectivity index (χ1n) is 11.1. The summed E-state index contributed by atoms with van der Waals surface area (Å²) in [6, 6.07) is 18.8. The molecule has 3 aromatic carbocycles. The minimum Gasteiger partial charge on any atom is -0.507 e. The molecule has 3 aromatic rings. The van der Waals surface area contributed by atoms with Gasteiger partial charge in [-0.25, -0.2) is 0 Å². The van der Waals surface area contributed by atoms with E-state index in [9.17, 15) is 19.8 Å². The zero-order chi connectivity index (χ0) is 25.2. The highest BCUT2D eigenvalue weighted by Crippen LogP contribution is 2.23. The Kier molecular flexibility index (Phi) is 9.05. The highest BCUT2D eigenvalue weighted by molar-refractivity contribution is 5.96. The third-order valence-electron chi connectivity index (χ3n) is 5.27. The first-order chi connectivity index (χ1) is 16.8. The number of rotatable bonds is 13. The number of amides is 2. The predicted molar refractivity (Wildman–Crippen MR) is 130 cm³/mol. The van der Waals surface area contributed by atoms with Crippen LogP contribution < -0.4 is 26.3 Å². The van der Waals surface area contributed by atoms with Crippen molar-refractivity contribution in [2.45, 2.75) is 19.1 Å². The van der Waals surface area contributed by atoms with Gasteiger partial charge in [0, 0.05) is 19.5 Å². The number of para-hydroxylation sites is 1. The van der Waals surface area contributed by atoms with E-state index < -0.39 is 17.9 Å². The minimum absolute atomic E-state index is 0.00665. The number of carbonyl (C=O) groups is 2. The molecule has 0 heterocycles. The normalized spacial score (nSPS) is 11.6. The van der Waals surface area contributed by atoms with Crippen molar-refractivity contribution in [1.82, 2.24) is 5.32 Å². The van der Waals surface area contributed by atoms with Crippen molar-refractivity contribution >= 4 is 11.8 Å². The number of aromatic hydroxyl groups is 1. The van der Waals surface area contributed by atoms with Gasteiger partial charge in [-0.3, -0.25) is 9.59 Å². The number of aliphatic hydroxyl groups excluding tert-OH is 1. The fraction of sp³-hybridized carbons (Fsp3) is 0.231. The van der Waals surface area contributed by atoms with Crippen molar-refractivity contribution in [3.05, 3.63) is 89.0 Å². The molecule has 3 rings (SSSR count). The van der Waals surface area contributed by atoms with Gasteiger partial charge in [0.05, 0.1) is 17.7 Å². The molecule has 0 aliphatic carbocycles. The van der Waals surface area contributed by atoms with Crippen LogP contribution in [0, 0.1) is 0 Å². The van der Waals surface area contributed by atoms with Gasteiger partial charge in [-0.1, -0.05) is 36.4 Å². The number of aliphatic hydroxyl groups is 1. The lowest BCUT2D eigenvalue weighted by Crippen LogP contribution is -2.31. The summed E-state index contributed by atoms with van der Waals surface area (Å²) in [6.07, 6.45) is -0.180. The van der Waals surface area contributed by atoms with Crippen molar-refractivity contribution < 1.29 is 29.3 Å². The Morgan fingerprint density at radius 3 is 2.31 bits per heavy atom. The van der Waals surface area contributed by atoms with Crippen LogP contribution in [0.2, 0.25) is 0 Å². The molecule has 9 heteroatoms. The lowest BCUT2D eigenvalue weighted by molar-refractivity contribution is 0.0962. The lowest BCUT2D eigenvalue weighted by Gasteiger charge is -2.16. The minimum atomic E-state index is -0.791. The largest absolute Gasteiger partial charge is 0.507 e. The summed E-state index contributed by atoms with van der Waals surface area (Å²) in [5.41, 5.74) is 13.0. The summed E-state index contributed by atoms with van der Waals surface area (Å²) >= 11 is 0. The Hall–Kier alpha value is -4.08. The molecule has 184 valence electrons. The van der Waals surface area contributed by atoms with Gasteiger partial charge in [-0.05, 0) is 41.5 Å². The Morgan fingerprint density at radius 1 is 0.886 bits per heavy atom. The van der Waals surface area contributed by atoms with Gasteiger partial charge in [0.1, 0.15) is 30.0 Å². The molecule has 1 atom stereocenters. The average molecular weight is 480 g/mol. The molecule has 0 aromatic heterocycles. The monoisotopic (exact) mass is 479 g/mol. The van der Waals surface area contributed by atoms with E-state index >= 15 is 0 Å². The molecule has 0 aliphatic heterocycles. The van der Waals surface area contributed by atoms with Gasteiger partial charge in [0.2, 0.25) is 0 Å². The quantitative estimate of drug-likeness (QED) is 0.250. The highest BCUT2D eigenvalue weighted by atomic mass is 16.5. The maximum absolute atomic E-state index is 11.5. The summed E-state index contributed by atoms with van der Waals surface area (Å²) in [7, 11) is 0. The number of benzene rings is 3. The fourth-order valence-corrected chi connectivity index (χ4v) is 3.47. The van der Waals surface area contributed by atoms with E-state index in [1.807, 2.05) is 24.3 Å². The van der Waals surface area contributed by atoms with E-state index in [-0.39, 0.29) is 30.0 Å². The Morgan fingerprint density at radius 2 is 1.57 bits per heavy atom. The molecule has 0 aliphatic rings. The Balaban J connectivity index is 1.47. The number of primary amides is 2. The number of hydrogen-bond donors (Lipinski definition) is 5. The Labute approximate surface area is 203 Å². The Bertz CT molecular complexity index is 1170. The summed E-state index contributed by atoms with van der Waals surface area (Å²) < 4.78 is 11.3. The van der Waals surface area contributed by atoms with E-state index in [2.05, 4.69) is 5.32 Å². The molecule has 0 saturated carbocycles. The van der Waals surface area contributed by atoms with E-state index in [4.69, 9.17) is 20.9 Å². The number of hydrogen-bond acceptors (Lipinski definition) is 7. The van der Waals surface area contributed by atoms with Crippen LogP contribution >= 0.6 is 0 Å². The number of nitrogens with two attached hydrogens (primary N) is 2. The molecule has 0 saturated heterocycles. The van der Waals surface area contributed by atoms with Crippen LogP contribution in [0.15, 0.2) is 66.7 Å². The SMILES string of the molecule is NC(=O)c1cc(OCCc2ccccc2CNCC(O)COc2ccccc2C(N)=O)ccc1O. The summed E-state index contributed by atoms with van der Waals surface area (Å²) in [5.74, 6) is -0.735. The molecule has 1 unspecified atom stereocenters. The van der Waals surface area contributed by atoms with Crippen LogP contribution in [0.5, 0.6) is 17.2 Å². The number of carbonyl (C=O) groups excluding carboxylic acids is 2. The van der Waals surface area contributed by atoms with Crippen LogP contribution in [0.3, 0.4) is 0 Å². The van der Waals surface area contributed by atoms with E-state index in [0.29, 0.717) is 31.1 Å². The van der Waals surface area contributed by atoms with Crippen molar-refractivity contribution in [1.29, 1.82) is 0 Å². The molecule has 7 N–H and O–H groups in total. The van der Waals surface area contributed by atoms with Gasteiger partial charge in [-0.2, -0.15) is 0 Å². The second-order valence-corrected chi connectivity index (χ2v) is 7.87. The average Bonchev–Trinajstić information content (AvgIpc) is 2.84. The van der Waals surface area contributed by atoms with Crippen LogP contribution in [0.4, 0.5) is 0 Å². The lowest BCUT2D eigenvalue weighted by atomic mass is 10.0. The second kappa shape index (κ2) is 12.4. The third kappa shape index (κ3) is 7.46. The molecule has 35 heavy (non-hydrogen) atoms. The number of nitrogens with one attached hydrogen (secondary N) is 1. The smallest absolute Gasteiger partial charge is 0.252 e. The molecular formula is C26H29N3O6. The van der Waals surface area contributed by atoms with Crippen LogP contribution in [0.1, 0.15) is 31.8 Å². The fourth-order valence-electron chi connectivity index (χ4n) is 3.47. The van der Waals surface area contributed by atoms with Crippen molar-refractivity contribution in [3.63, 3.8) is 0 Å². The van der Waals surface area contributed by atoms with Crippen LogP contribution in [-0.4, -0.2) is 47.9 Å². The molecular weight excluding hydrogens is 450 g/mol. The van der Waals surface area contributed by atoms with E-state index in [0.717, 1.165) is 11.1 Å². The first-order valence-corrected chi connectivity index (χ1v) is 11.1. The predicted octanol–water partition coefficient (Wildman–Crippen LogP) is 1.74. The van der Waals surface area contributed by atoms with Gasteiger partial charge in [0.15, 0.2) is 0 Å². The highest BCUT2D eigenvalue weighted by Gasteiger charge is 2.12. The summed E-state index contributed by atoms with van der Waals surface area (Å²) in [4.78, 5) is 22.8. The van der Waals surface area contributed by atoms with Gasteiger partial charge in [-0.15, -0.1) is 0 Å². The van der Waals surface area contributed by atoms with Crippen molar-refractivity contribution in [3.8, 4) is 17.2 Å². The molecule has 0 radical (unpaired) electrons. The molecule has 0 spiro atoms. The van der Waals surface area contributed by atoms with Gasteiger partial charge in [0.25, 0.3) is 11.8 Å². The van der Waals surface area contributed by atoms with E-state index in [1.165, 1.54) is 12.1 Å². The standard InChI is InChI=1S/C26H29N3O6/c27-25(32)21-7-3-4-8-24(21)35-16-19(30)15-29-14-18-6-2-1-5-17(18)11-12-34-20-9-10-23(31)22(13-20)26(28)33/h1-10,13,19,29-31H,11-12,14-16H2,(H2,27,32)(H2,28,33). The second-order valence-electron chi connectivity index (χ2n) is 7.87. The van der Waals surface area contributed by atoms with Crippen LogP contribution in [-0.2, 0) is 13.0 Å². The summed E-state index contributed by atoms with van der Waals surface area (Å²) in [6.45, 7) is 1.17. The zero-order valence-electron chi connectivity index (χ0n) is 19.1. The van der Waals surface area contributed by atoms with Gasteiger partial charge >= 0.3 is 0 Å². The molecule has 9 nitrogen and oxygen atoms in total. The maximum atomic E-state index is 11.5. The van der Waals surface area contributed by atoms with E-state index in [1.54, 1.807) is 30.3 Å². The first kappa shape index (κ1) is 25.5. The maximum Gasteiger partial charge on any atom is 0.252 e. The summed E-state index contributed by atoms with van der Waals surface area (Å²) in [5, 5.41) is 23.2. The van der Waals surface area contributed by atoms with Crippen LogP contribution in [0.25, 0.3) is 0 Å². The number of phenols is 1. The molecule has 0 fully saturated rings. The molecule has 2 amide bonds. The van der Waals surface area contributed by atoms with Gasteiger partial charge < -0.3 is 36.5 Å². The number of ether oxygens (including phenoxy) is 2. The van der Waals surface area contributed by atoms with Crippen molar-refractivity contribution in [2.75, 3.05) is 19.8 Å². The topological polar surface area (TPSA) is 157 Å².